The summed E-state index contributed by atoms with van der Waals surface area (Å²) < 4.78 is 36.7. The van der Waals surface area contributed by atoms with Crippen molar-refractivity contribution >= 4 is 62.9 Å². The van der Waals surface area contributed by atoms with Crippen LogP contribution in [0, 0.1) is 25.1 Å². The summed E-state index contributed by atoms with van der Waals surface area (Å²) in [5.74, 6) is -0.897. The molecule has 1 unspecified atom stereocenters. The largest absolute Gasteiger partial charge is 0.493 e. The summed E-state index contributed by atoms with van der Waals surface area (Å²) in [6.45, 7) is 14.0. The van der Waals surface area contributed by atoms with Crippen LogP contribution in [0.2, 0.25) is 5.02 Å². The second kappa shape index (κ2) is 19.6. The number of carbonyl (C=O) groups excluding carboxylic acids is 5. The summed E-state index contributed by atoms with van der Waals surface area (Å²) in [6, 6.07) is 18.6. The monoisotopic (exact) mass is 1010 g/mol. The molecule has 73 heavy (non-hydrogen) atoms. The highest BCUT2D eigenvalue weighted by atomic mass is 35.5. The lowest BCUT2D eigenvalue weighted by molar-refractivity contribution is -0.138. The molecule has 6 aromatic rings. The summed E-state index contributed by atoms with van der Waals surface area (Å²) in [5.41, 5.74) is 6.03. The first-order valence-electron chi connectivity index (χ1n) is 25.2. The van der Waals surface area contributed by atoms with Gasteiger partial charge in [0.15, 0.2) is 6.61 Å². The van der Waals surface area contributed by atoms with Crippen molar-refractivity contribution in [2.45, 2.75) is 97.9 Å². The van der Waals surface area contributed by atoms with E-state index in [1.54, 1.807) is 24.3 Å². The quantitative estimate of drug-likeness (QED) is 0.0639. The van der Waals surface area contributed by atoms with E-state index >= 15 is 0 Å². The van der Waals surface area contributed by atoms with Crippen LogP contribution >= 0.6 is 11.6 Å². The molecule has 17 heteroatoms. The number of fused-ring (bicyclic) bond motifs is 3. The van der Waals surface area contributed by atoms with Crippen molar-refractivity contribution in [1.29, 1.82) is 0 Å². The van der Waals surface area contributed by atoms with Gasteiger partial charge in [0, 0.05) is 91.5 Å². The molecule has 4 aromatic carbocycles. The number of hydrogen-bond donors (Lipinski definition) is 1. The summed E-state index contributed by atoms with van der Waals surface area (Å²) in [7, 11) is 1.91. The maximum absolute atomic E-state index is 14.7. The van der Waals surface area contributed by atoms with Gasteiger partial charge in [0.1, 0.15) is 34.7 Å². The number of nitrogens with zero attached hydrogens (tertiary/aromatic N) is 6. The van der Waals surface area contributed by atoms with Gasteiger partial charge < -0.3 is 33.5 Å². The molecular formula is C56H61ClFN7O8. The van der Waals surface area contributed by atoms with Crippen LogP contribution < -0.4 is 14.8 Å². The van der Waals surface area contributed by atoms with Crippen LogP contribution in [0.25, 0.3) is 32.8 Å². The van der Waals surface area contributed by atoms with Gasteiger partial charge in [0.05, 0.1) is 29.4 Å². The van der Waals surface area contributed by atoms with Crippen LogP contribution in [0.15, 0.2) is 66.7 Å². The number of nitrogens with one attached hydrogen (secondary N) is 1. The highest BCUT2D eigenvalue weighted by Gasteiger charge is 2.46. The average Bonchev–Trinajstić information content (AvgIpc) is 3.93. The fraction of sp³-hybridized carbons (Fsp3) is 0.429. The van der Waals surface area contributed by atoms with Crippen molar-refractivity contribution in [3.8, 4) is 22.6 Å². The van der Waals surface area contributed by atoms with Crippen LogP contribution in [0.4, 0.5) is 4.39 Å². The van der Waals surface area contributed by atoms with E-state index in [9.17, 15) is 28.4 Å². The zero-order valence-electron chi connectivity index (χ0n) is 42.2. The molecule has 1 spiro atoms. The molecule has 0 bridgehead atoms. The first kappa shape index (κ1) is 49.8. The van der Waals surface area contributed by atoms with Crippen molar-refractivity contribution in [2.75, 3.05) is 45.9 Å². The second-order valence-electron chi connectivity index (χ2n) is 21.1. The lowest BCUT2D eigenvalue weighted by atomic mass is 9.72. The lowest BCUT2D eigenvalue weighted by Gasteiger charge is -2.54. The zero-order chi connectivity index (χ0) is 51.5. The predicted molar refractivity (Wildman–Crippen MR) is 274 cm³/mol. The molecule has 2 aromatic heterocycles. The molecule has 4 aliphatic rings. The van der Waals surface area contributed by atoms with Crippen molar-refractivity contribution in [3.63, 3.8) is 0 Å². The molecule has 3 fully saturated rings. The number of likely N-dealkylation sites (tertiary alicyclic amines) is 2. The molecule has 15 nitrogen and oxygen atoms in total. The Hall–Kier alpha value is -6.78. The number of halogens is 2. The fourth-order valence-electron chi connectivity index (χ4n) is 11.5. The van der Waals surface area contributed by atoms with Gasteiger partial charge >= 0.3 is 5.97 Å². The molecule has 6 heterocycles. The minimum atomic E-state index is -0.765. The Morgan fingerprint density at radius 3 is 2.38 bits per heavy atom. The normalized spacial score (nSPS) is 17.9. The average molecular weight is 1010 g/mol. The third-order valence-corrected chi connectivity index (χ3v) is 15.4. The number of rotatable bonds is 14. The topological polar surface area (TPSA) is 158 Å². The van der Waals surface area contributed by atoms with Gasteiger partial charge in [-0.3, -0.25) is 29.2 Å². The van der Waals surface area contributed by atoms with E-state index in [1.165, 1.54) is 17.0 Å². The lowest BCUT2D eigenvalue weighted by Crippen LogP contribution is -2.61. The number of piperidine rings is 2. The second-order valence-corrected chi connectivity index (χ2v) is 21.5. The first-order chi connectivity index (χ1) is 34.9. The van der Waals surface area contributed by atoms with Gasteiger partial charge in [-0.25, -0.2) is 9.18 Å². The number of imide groups is 1. The summed E-state index contributed by atoms with van der Waals surface area (Å²) in [4.78, 5) is 71.7. The van der Waals surface area contributed by atoms with Crippen molar-refractivity contribution in [1.82, 2.24) is 34.4 Å². The molecule has 10 rings (SSSR count). The number of esters is 1. The standard InChI is InChI=1S/C56H61ClFN7O8/c1-33-48(34(2)61(6)60-33)49-42(57)18-17-39-38(12-9-27-71-44-13-7-10-35-28-36(58)15-16-37(35)44)51(54(70)73-55(3,4)5)64(50(39)49)26-25-62-31-56(32-62)21-23-63(24-22-56)47(67)30-72-45-14-8-11-40-41(45)29-65(53(40)69)43-19-20-46(66)59-52(43)68/h7-8,10-11,13-18,28,43H,9,12,19-27,29-32H2,1-6H3,(H,59,66,68). The number of benzene rings is 4. The van der Waals surface area contributed by atoms with E-state index in [4.69, 9.17) is 30.9 Å². The Balaban J connectivity index is 0.838. The number of ether oxygens (including phenoxy) is 3. The summed E-state index contributed by atoms with van der Waals surface area (Å²) >= 11 is 7.22. The molecular weight excluding hydrogens is 953 g/mol. The van der Waals surface area contributed by atoms with E-state index < -0.39 is 23.5 Å². The van der Waals surface area contributed by atoms with Gasteiger partial charge in [-0.15, -0.1) is 0 Å². The number of hydrogen-bond acceptors (Lipinski definition) is 10. The molecule has 4 aliphatic heterocycles. The zero-order valence-corrected chi connectivity index (χ0v) is 43.0. The SMILES string of the molecule is Cc1nn(C)c(C)c1-c1c(Cl)ccc2c(CCCOc3cccc4cc(F)ccc34)c(C(=O)OC(C)(C)C)n(CCN3CC4(CCN(C(=O)COc5cccc6c5CN(C5CCC(=O)NC5=O)C6=O)CC4)C3)c12. The maximum Gasteiger partial charge on any atom is 0.355 e. The van der Waals surface area contributed by atoms with Crippen LogP contribution in [0.5, 0.6) is 11.5 Å². The van der Waals surface area contributed by atoms with Crippen LogP contribution in [0.1, 0.15) is 96.2 Å². The smallest absolute Gasteiger partial charge is 0.355 e. The number of aromatic nitrogens is 3. The Morgan fingerprint density at radius 1 is 0.918 bits per heavy atom. The van der Waals surface area contributed by atoms with Crippen molar-refractivity contribution in [2.24, 2.45) is 12.5 Å². The highest BCUT2D eigenvalue weighted by Crippen LogP contribution is 2.44. The van der Waals surface area contributed by atoms with Crippen LogP contribution in [-0.2, 0) is 45.7 Å². The van der Waals surface area contributed by atoms with Crippen LogP contribution in [-0.4, -0.2) is 116 Å². The molecule has 1 N–H and O–H groups in total. The molecule has 0 saturated carbocycles. The van der Waals surface area contributed by atoms with Crippen LogP contribution in [0.3, 0.4) is 0 Å². The predicted octanol–water partition coefficient (Wildman–Crippen LogP) is 8.34. The number of aryl methyl sites for hydroxylation is 3. The van der Waals surface area contributed by atoms with Gasteiger partial charge in [-0.1, -0.05) is 35.9 Å². The van der Waals surface area contributed by atoms with Gasteiger partial charge in [-0.05, 0) is 126 Å². The van der Waals surface area contributed by atoms with E-state index in [2.05, 4.69) is 14.8 Å². The van der Waals surface area contributed by atoms with Gasteiger partial charge in [0.2, 0.25) is 11.8 Å². The van der Waals surface area contributed by atoms with E-state index in [0.717, 1.165) is 75.7 Å². The molecule has 3 saturated heterocycles. The minimum Gasteiger partial charge on any atom is -0.493 e. The van der Waals surface area contributed by atoms with Crippen molar-refractivity contribution in [3.05, 3.63) is 111 Å². The van der Waals surface area contributed by atoms with E-state index in [1.807, 2.05) is 81.6 Å². The Kier molecular flexibility index (Phi) is 13.3. The first-order valence-corrected chi connectivity index (χ1v) is 25.5. The highest BCUT2D eigenvalue weighted by molar-refractivity contribution is 6.35. The summed E-state index contributed by atoms with van der Waals surface area (Å²) in [5, 5.41) is 10.1. The molecule has 4 amide bonds. The third-order valence-electron chi connectivity index (χ3n) is 15.1. The van der Waals surface area contributed by atoms with E-state index in [0.29, 0.717) is 79.0 Å². The Morgan fingerprint density at radius 2 is 1.66 bits per heavy atom. The summed E-state index contributed by atoms with van der Waals surface area (Å²) in [6.07, 6.45) is 3.18. The number of amides is 4. The van der Waals surface area contributed by atoms with Crippen molar-refractivity contribution < 1.29 is 42.6 Å². The fourth-order valence-corrected chi connectivity index (χ4v) is 11.7. The minimum absolute atomic E-state index is 0.0479. The molecule has 0 aliphatic carbocycles. The maximum atomic E-state index is 14.7. The van der Waals surface area contributed by atoms with Gasteiger partial charge in [-0.2, -0.15) is 5.10 Å². The molecule has 382 valence electrons. The molecule has 1 atom stereocenters. The Bertz CT molecular complexity index is 3210. The van der Waals surface area contributed by atoms with Gasteiger partial charge in [0.25, 0.3) is 11.8 Å². The van der Waals surface area contributed by atoms with E-state index in [-0.39, 0.29) is 54.9 Å². The Labute approximate surface area is 428 Å². The third kappa shape index (κ3) is 9.67. The number of carbonyl (C=O) groups is 5. The molecule has 0 radical (unpaired) electrons.